The summed E-state index contributed by atoms with van der Waals surface area (Å²) < 4.78 is 25.6. The van der Waals surface area contributed by atoms with Crippen LogP contribution in [0.4, 0.5) is 5.69 Å². The third-order valence-electron chi connectivity index (χ3n) is 2.27. The van der Waals surface area contributed by atoms with Gasteiger partial charge in [-0.1, -0.05) is 25.5 Å². The van der Waals surface area contributed by atoms with Gasteiger partial charge in [-0.05, 0) is 25.0 Å². The monoisotopic (exact) mass is 243 g/mol. The second kappa shape index (κ2) is 5.21. The Morgan fingerprint density at radius 2 is 2.06 bits per heavy atom. The van der Waals surface area contributed by atoms with Crippen LogP contribution in [-0.2, 0) is 10.0 Å². The van der Waals surface area contributed by atoms with E-state index in [1.54, 1.807) is 25.1 Å². The number of hydrogen-bond donors (Lipinski definition) is 2. The average molecular weight is 243 g/mol. The molecule has 1 aromatic rings. The number of para-hydroxylation sites is 1. The van der Waals surface area contributed by atoms with Crippen LogP contribution in [0.2, 0.25) is 0 Å². The number of hydrogen-bond acceptors (Lipinski definition) is 3. The summed E-state index contributed by atoms with van der Waals surface area (Å²) in [6.07, 6.45) is 1.43. The van der Waals surface area contributed by atoms with Gasteiger partial charge in [-0.25, -0.2) is 8.42 Å². The first-order chi connectivity index (χ1) is 7.46. The summed E-state index contributed by atoms with van der Waals surface area (Å²) in [6, 6.07) is 4.97. The molecule has 1 rings (SSSR count). The molecule has 0 aromatic heterocycles. The molecule has 2 N–H and O–H groups in total. The van der Waals surface area contributed by atoms with E-state index in [9.17, 15) is 13.5 Å². The Morgan fingerprint density at radius 1 is 1.38 bits per heavy atom. The summed E-state index contributed by atoms with van der Waals surface area (Å²) in [5, 5.41) is 9.66. The largest absolute Gasteiger partial charge is 0.505 e. The van der Waals surface area contributed by atoms with Crippen molar-refractivity contribution in [3.63, 3.8) is 0 Å². The topological polar surface area (TPSA) is 66.4 Å². The van der Waals surface area contributed by atoms with E-state index in [1.807, 2.05) is 6.92 Å². The van der Waals surface area contributed by atoms with Gasteiger partial charge < -0.3 is 5.11 Å². The van der Waals surface area contributed by atoms with Gasteiger partial charge in [0.25, 0.3) is 0 Å². The standard InChI is InChI=1S/C11H17NO3S/c1-3-4-8-16(14,15)12-10-7-5-6-9(2)11(10)13/h5-7,12-13H,3-4,8H2,1-2H3. The lowest BCUT2D eigenvalue weighted by atomic mass is 10.2. The van der Waals surface area contributed by atoms with Crippen molar-refractivity contribution in [1.82, 2.24) is 0 Å². The molecule has 0 heterocycles. The van der Waals surface area contributed by atoms with Gasteiger partial charge in [0.1, 0.15) is 5.75 Å². The van der Waals surface area contributed by atoms with Crippen molar-refractivity contribution in [1.29, 1.82) is 0 Å². The molecule has 0 bridgehead atoms. The number of phenols is 1. The van der Waals surface area contributed by atoms with E-state index in [-0.39, 0.29) is 17.2 Å². The highest BCUT2D eigenvalue weighted by Crippen LogP contribution is 2.27. The number of anilines is 1. The van der Waals surface area contributed by atoms with Crippen LogP contribution in [0.5, 0.6) is 5.75 Å². The zero-order chi connectivity index (χ0) is 12.2. The summed E-state index contributed by atoms with van der Waals surface area (Å²) in [5.41, 5.74) is 0.895. The summed E-state index contributed by atoms with van der Waals surface area (Å²) in [7, 11) is -3.35. The Kier molecular flexibility index (Phi) is 4.18. The second-order valence-electron chi connectivity index (χ2n) is 3.75. The highest BCUT2D eigenvalue weighted by Gasteiger charge is 2.12. The second-order valence-corrected chi connectivity index (χ2v) is 5.59. The number of nitrogens with one attached hydrogen (secondary N) is 1. The van der Waals surface area contributed by atoms with E-state index < -0.39 is 10.0 Å². The molecule has 0 spiro atoms. The number of benzene rings is 1. The molecule has 0 aliphatic carbocycles. The third kappa shape index (κ3) is 3.41. The lowest BCUT2D eigenvalue weighted by Gasteiger charge is -2.10. The van der Waals surface area contributed by atoms with Crippen molar-refractivity contribution in [2.45, 2.75) is 26.7 Å². The first-order valence-electron chi connectivity index (χ1n) is 5.25. The molecule has 0 radical (unpaired) electrons. The van der Waals surface area contributed by atoms with E-state index in [0.717, 1.165) is 6.42 Å². The molecule has 90 valence electrons. The SMILES string of the molecule is CCCCS(=O)(=O)Nc1cccc(C)c1O. The molecule has 1 aromatic carbocycles. The van der Waals surface area contributed by atoms with E-state index >= 15 is 0 Å². The molecule has 0 saturated heterocycles. The maximum atomic E-state index is 11.6. The molecule has 0 aliphatic rings. The number of rotatable bonds is 5. The molecular formula is C11H17NO3S. The summed E-state index contributed by atoms with van der Waals surface area (Å²) >= 11 is 0. The van der Waals surface area contributed by atoms with Gasteiger partial charge >= 0.3 is 0 Å². The maximum Gasteiger partial charge on any atom is 0.232 e. The average Bonchev–Trinajstić information content (AvgIpc) is 2.22. The van der Waals surface area contributed by atoms with Gasteiger partial charge in [0.05, 0.1) is 11.4 Å². The van der Waals surface area contributed by atoms with Crippen LogP contribution in [0, 0.1) is 6.92 Å². The number of unbranched alkanes of at least 4 members (excludes halogenated alkanes) is 1. The quantitative estimate of drug-likeness (QED) is 0.779. The maximum absolute atomic E-state index is 11.6. The lowest BCUT2D eigenvalue weighted by Crippen LogP contribution is -2.16. The molecule has 4 nitrogen and oxygen atoms in total. The lowest BCUT2D eigenvalue weighted by molar-refractivity contribution is 0.473. The highest BCUT2D eigenvalue weighted by atomic mass is 32.2. The fourth-order valence-electron chi connectivity index (χ4n) is 1.29. The van der Waals surface area contributed by atoms with Crippen molar-refractivity contribution < 1.29 is 13.5 Å². The molecule has 0 unspecified atom stereocenters. The van der Waals surface area contributed by atoms with Gasteiger partial charge in [0.2, 0.25) is 10.0 Å². The predicted octanol–water partition coefficient (Wildman–Crippen LogP) is 2.24. The minimum absolute atomic E-state index is 0.0115. The number of phenolic OH excluding ortho intramolecular Hbond substituents is 1. The summed E-state index contributed by atoms with van der Waals surface area (Å²) in [5.74, 6) is 0.0687. The Morgan fingerprint density at radius 3 is 2.69 bits per heavy atom. The van der Waals surface area contributed by atoms with Crippen LogP contribution in [0.15, 0.2) is 18.2 Å². The van der Waals surface area contributed by atoms with Crippen LogP contribution >= 0.6 is 0 Å². The summed E-state index contributed by atoms with van der Waals surface area (Å²) in [4.78, 5) is 0. The van der Waals surface area contributed by atoms with Gasteiger partial charge in [-0.15, -0.1) is 0 Å². The normalized spacial score (nSPS) is 11.4. The zero-order valence-corrected chi connectivity index (χ0v) is 10.3. The van der Waals surface area contributed by atoms with Crippen LogP contribution < -0.4 is 4.72 Å². The highest BCUT2D eigenvalue weighted by molar-refractivity contribution is 7.92. The van der Waals surface area contributed by atoms with E-state index in [0.29, 0.717) is 12.0 Å². The van der Waals surface area contributed by atoms with Crippen molar-refractivity contribution >= 4 is 15.7 Å². The fraction of sp³-hybridized carbons (Fsp3) is 0.455. The minimum atomic E-state index is -3.35. The third-order valence-corrected chi connectivity index (χ3v) is 3.63. The molecule has 0 saturated carbocycles. The molecule has 0 amide bonds. The molecule has 0 aliphatic heterocycles. The van der Waals surface area contributed by atoms with Crippen LogP contribution in [0.3, 0.4) is 0 Å². The molecule has 16 heavy (non-hydrogen) atoms. The minimum Gasteiger partial charge on any atom is -0.505 e. The van der Waals surface area contributed by atoms with Gasteiger partial charge in [-0.3, -0.25) is 4.72 Å². The smallest absolute Gasteiger partial charge is 0.232 e. The Labute approximate surface area is 96.4 Å². The van der Waals surface area contributed by atoms with Gasteiger partial charge in [0.15, 0.2) is 0 Å². The first kappa shape index (κ1) is 12.8. The van der Waals surface area contributed by atoms with E-state index in [2.05, 4.69) is 4.72 Å². The Bertz CT molecular complexity index is 454. The van der Waals surface area contributed by atoms with Crippen molar-refractivity contribution in [3.05, 3.63) is 23.8 Å². The van der Waals surface area contributed by atoms with Crippen LogP contribution in [0.25, 0.3) is 0 Å². The van der Waals surface area contributed by atoms with Crippen molar-refractivity contribution in [2.75, 3.05) is 10.5 Å². The Balaban J connectivity index is 2.84. The summed E-state index contributed by atoms with van der Waals surface area (Å²) in [6.45, 7) is 3.65. The van der Waals surface area contributed by atoms with Crippen molar-refractivity contribution in [3.8, 4) is 5.75 Å². The van der Waals surface area contributed by atoms with E-state index in [1.165, 1.54) is 0 Å². The molecular weight excluding hydrogens is 226 g/mol. The van der Waals surface area contributed by atoms with Crippen LogP contribution in [0.1, 0.15) is 25.3 Å². The Hall–Kier alpha value is -1.23. The number of aryl methyl sites for hydroxylation is 1. The molecule has 0 fully saturated rings. The number of sulfonamides is 1. The fourth-order valence-corrected chi connectivity index (χ4v) is 2.56. The zero-order valence-electron chi connectivity index (χ0n) is 9.53. The van der Waals surface area contributed by atoms with E-state index in [4.69, 9.17) is 0 Å². The molecule has 5 heteroatoms. The first-order valence-corrected chi connectivity index (χ1v) is 6.90. The van der Waals surface area contributed by atoms with Crippen molar-refractivity contribution in [2.24, 2.45) is 0 Å². The van der Waals surface area contributed by atoms with Crippen LogP contribution in [-0.4, -0.2) is 19.3 Å². The predicted molar refractivity (Wildman–Crippen MR) is 65.2 cm³/mol. The number of aromatic hydroxyl groups is 1. The molecule has 0 atom stereocenters. The van der Waals surface area contributed by atoms with Gasteiger partial charge in [0, 0.05) is 0 Å². The van der Waals surface area contributed by atoms with Gasteiger partial charge in [-0.2, -0.15) is 0 Å².